The molecule has 2 saturated carbocycles. The molecule has 0 saturated heterocycles. The monoisotopic (exact) mass is 353 g/mol. The maximum Gasteiger partial charge on any atom is 0.364 e. The van der Waals surface area contributed by atoms with E-state index in [-0.39, 0.29) is 0 Å². The predicted octanol–water partition coefficient (Wildman–Crippen LogP) is 4.64. The van der Waals surface area contributed by atoms with Crippen LogP contribution in [-0.4, -0.2) is 18.2 Å². The molecule has 1 aromatic rings. The Hall–Kier alpha value is -0.480. The second-order valence-electron chi connectivity index (χ2n) is 6.89. The lowest BCUT2D eigenvalue weighted by molar-refractivity contribution is 0.229. The first-order chi connectivity index (χ1) is 11.1. The van der Waals surface area contributed by atoms with Gasteiger partial charge in [0.05, 0.1) is 18.5 Å². The molecule has 4 nitrogen and oxygen atoms in total. The van der Waals surface area contributed by atoms with Crippen LogP contribution in [0.1, 0.15) is 62.6 Å². The first kappa shape index (κ1) is 16.0. The minimum atomic E-state index is -3.33. The Morgan fingerprint density at radius 3 is 2.52 bits per heavy atom. The summed E-state index contributed by atoms with van der Waals surface area (Å²) < 4.78 is 24.7. The van der Waals surface area contributed by atoms with Crippen molar-refractivity contribution in [3.63, 3.8) is 0 Å². The van der Waals surface area contributed by atoms with E-state index in [4.69, 9.17) is 21.3 Å². The fraction of sp³-hybridized carbons (Fsp3) is 0.706. The summed E-state index contributed by atoms with van der Waals surface area (Å²) in [5.74, 6) is 2.86. The first-order valence-electron chi connectivity index (χ1n) is 8.75. The largest absolute Gasteiger partial charge is 0.364 e. The number of H-pyrrole nitrogens is 1. The van der Waals surface area contributed by atoms with Crippen LogP contribution in [0.3, 0.4) is 0 Å². The fourth-order valence-corrected chi connectivity index (χ4v) is 7.35. The van der Waals surface area contributed by atoms with Gasteiger partial charge in [-0.15, -0.1) is 0 Å². The van der Waals surface area contributed by atoms with Crippen molar-refractivity contribution >= 4 is 25.1 Å². The van der Waals surface area contributed by atoms with Crippen LogP contribution >= 0.6 is 19.8 Å². The molecule has 4 rings (SSSR count). The van der Waals surface area contributed by atoms with Gasteiger partial charge in [-0.3, -0.25) is 4.57 Å². The zero-order valence-electron chi connectivity index (χ0n) is 13.7. The number of fused-ring (bicyclic) bond motifs is 8. The molecular formula is C17H24NO3PS. The summed E-state index contributed by atoms with van der Waals surface area (Å²) in [5, 5.41) is 0.553. The van der Waals surface area contributed by atoms with Gasteiger partial charge in [0.25, 0.3) is 0 Å². The molecule has 1 aromatic heterocycles. The molecule has 0 unspecified atom stereocenters. The van der Waals surface area contributed by atoms with Crippen molar-refractivity contribution in [1.29, 1.82) is 0 Å². The third-order valence-corrected chi connectivity index (χ3v) is 8.53. The van der Waals surface area contributed by atoms with Crippen molar-refractivity contribution < 1.29 is 13.6 Å². The number of aromatic amines is 1. The second-order valence-corrected chi connectivity index (χ2v) is 9.29. The van der Waals surface area contributed by atoms with Gasteiger partial charge < -0.3 is 14.0 Å². The molecule has 1 N–H and O–H groups in total. The van der Waals surface area contributed by atoms with Gasteiger partial charge in [0.15, 0.2) is 0 Å². The lowest BCUT2D eigenvalue weighted by atomic mass is 9.80. The van der Waals surface area contributed by atoms with E-state index in [2.05, 4.69) is 4.98 Å². The van der Waals surface area contributed by atoms with Crippen LogP contribution < -0.4 is 5.30 Å². The molecule has 0 aromatic carbocycles. The van der Waals surface area contributed by atoms with Crippen molar-refractivity contribution in [2.24, 2.45) is 11.8 Å². The second kappa shape index (κ2) is 5.80. The van der Waals surface area contributed by atoms with Crippen LogP contribution in [0, 0.1) is 16.5 Å². The minimum absolute atomic E-state index is 0.347. The summed E-state index contributed by atoms with van der Waals surface area (Å²) in [6.07, 6.45) is 5.27. The quantitative estimate of drug-likeness (QED) is 0.619. The number of hydrogen-bond acceptors (Lipinski definition) is 4. The number of hydrogen-bond donors (Lipinski definition) is 1. The first-order valence-corrected chi connectivity index (χ1v) is 10.7. The molecule has 0 amide bonds. The fourth-order valence-electron chi connectivity index (χ4n) is 5.21. The Balaban J connectivity index is 1.79. The van der Waals surface area contributed by atoms with E-state index in [1.165, 1.54) is 36.9 Å². The molecule has 4 atom stereocenters. The molecule has 1 heterocycles. The highest BCUT2D eigenvalue weighted by Gasteiger charge is 2.53. The van der Waals surface area contributed by atoms with Crippen LogP contribution in [0.25, 0.3) is 0 Å². The van der Waals surface area contributed by atoms with Crippen LogP contribution in [0.15, 0.2) is 6.07 Å². The molecule has 2 bridgehead atoms. The Morgan fingerprint density at radius 2 is 1.87 bits per heavy atom. The van der Waals surface area contributed by atoms with Crippen LogP contribution in [-0.2, 0) is 13.6 Å². The molecule has 2 fully saturated rings. The molecule has 0 spiro atoms. The lowest BCUT2D eigenvalue weighted by Gasteiger charge is -2.28. The van der Waals surface area contributed by atoms with E-state index in [1.807, 2.05) is 19.9 Å². The van der Waals surface area contributed by atoms with Gasteiger partial charge in [0, 0.05) is 11.6 Å². The van der Waals surface area contributed by atoms with Crippen molar-refractivity contribution in [2.75, 3.05) is 13.2 Å². The Kier molecular flexibility index (Phi) is 4.04. The van der Waals surface area contributed by atoms with Crippen molar-refractivity contribution in [3.8, 4) is 0 Å². The maximum absolute atomic E-state index is 13.1. The Morgan fingerprint density at radius 1 is 1.22 bits per heavy atom. The smallest absolute Gasteiger partial charge is 0.349 e. The summed E-state index contributed by atoms with van der Waals surface area (Å²) in [7, 11) is -3.33. The highest BCUT2D eigenvalue weighted by molar-refractivity contribution is 7.72. The summed E-state index contributed by atoms with van der Waals surface area (Å²) in [6, 6.07) is 2.04. The maximum atomic E-state index is 13.1. The van der Waals surface area contributed by atoms with Crippen LogP contribution in [0.4, 0.5) is 0 Å². The van der Waals surface area contributed by atoms with Crippen molar-refractivity contribution in [1.82, 2.24) is 4.98 Å². The molecule has 6 heteroatoms. The van der Waals surface area contributed by atoms with Gasteiger partial charge in [0.2, 0.25) is 0 Å². The van der Waals surface area contributed by atoms with Crippen LogP contribution in [0.2, 0.25) is 0 Å². The molecule has 23 heavy (non-hydrogen) atoms. The van der Waals surface area contributed by atoms with Gasteiger partial charge in [-0.05, 0) is 62.5 Å². The zero-order chi connectivity index (χ0) is 16.2. The third-order valence-electron chi connectivity index (χ3n) is 5.91. The molecule has 0 aliphatic heterocycles. The Labute approximate surface area is 142 Å². The van der Waals surface area contributed by atoms with E-state index in [0.717, 1.165) is 11.8 Å². The molecule has 3 aliphatic rings. The number of nitrogens with one attached hydrogen (secondary N) is 1. The van der Waals surface area contributed by atoms with Crippen molar-refractivity contribution in [2.45, 2.75) is 51.4 Å². The lowest BCUT2D eigenvalue weighted by Crippen LogP contribution is -2.22. The molecule has 0 radical (unpaired) electrons. The summed E-state index contributed by atoms with van der Waals surface area (Å²) in [5.41, 5.74) is 2.62. The summed E-state index contributed by atoms with van der Waals surface area (Å²) >= 11 is 5.52. The predicted molar refractivity (Wildman–Crippen MR) is 93.0 cm³/mol. The standard InChI is InChI=1S/C17H24NO3PS/c1-3-20-22(19,21-4-2)15-9-14-12-8-13(16(14)18-17(15)23)11-7-5-6-10(11)12/h9-13H,3-8H2,1-2H3,(H,18,23)/t10-,11-,12+,13+/m1/s1. The number of aromatic nitrogens is 1. The average Bonchev–Trinajstić information content (AvgIpc) is 3.18. The van der Waals surface area contributed by atoms with Gasteiger partial charge in [0.1, 0.15) is 4.64 Å². The SMILES string of the molecule is CCOP(=O)(OCC)c1cc2c([nH]c1=S)[C@H]1C[C@H]2[C@@H]2CCC[C@H]21. The van der Waals surface area contributed by atoms with Gasteiger partial charge in [-0.2, -0.15) is 0 Å². The van der Waals surface area contributed by atoms with Gasteiger partial charge in [-0.1, -0.05) is 18.6 Å². The number of rotatable bonds is 5. The van der Waals surface area contributed by atoms with Gasteiger partial charge >= 0.3 is 7.60 Å². The molecule has 3 aliphatic carbocycles. The minimum Gasteiger partial charge on any atom is -0.349 e. The highest BCUT2D eigenvalue weighted by Crippen LogP contribution is 2.64. The average molecular weight is 353 g/mol. The van der Waals surface area contributed by atoms with Gasteiger partial charge in [-0.25, -0.2) is 0 Å². The van der Waals surface area contributed by atoms with E-state index in [9.17, 15) is 4.57 Å². The highest BCUT2D eigenvalue weighted by atomic mass is 32.1. The van der Waals surface area contributed by atoms with E-state index < -0.39 is 7.60 Å². The van der Waals surface area contributed by atoms with Crippen LogP contribution in [0.5, 0.6) is 0 Å². The molecular weight excluding hydrogens is 329 g/mol. The van der Waals surface area contributed by atoms with E-state index >= 15 is 0 Å². The van der Waals surface area contributed by atoms with E-state index in [0.29, 0.717) is 35.0 Å². The van der Waals surface area contributed by atoms with Crippen molar-refractivity contribution in [3.05, 3.63) is 22.0 Å². The van der Waals surface area contributed by atoms with E-state index in [1.54, 1.807) is 0 Å². The normalized spacial score (nSPS) is 31.4. The molecule has 126 valence electrons. The third kappa shape index (κ3) is 2.31. The number of pyridine rings is 1. The zero-order valence-corrected chi connectivity index (χ0v) is 15.4. The summed E-state index contributed by atoms with van der Waals surface area (Å²) in [4.78, 5) is 3.41. The Bertz CT molecular complexity index is 721. The topological polar surface area (TPSA) is 51.3 Å². The summed E-state index contributed by atoms with van der Waals surface area (Å²) in [6.45, 7) is 4.35.